The Hall–Kier alpha value is -1.30. The van der Waals surface area contributed by atoms with Crippen molar-refractivity contribution in [1.29, 1.82) is 0 Å². The third-order valence-electron chi connectivity index (χ3n) is 2.66. The molecule has 0 bridgehead atoms. The predicted molar refractivity (Wildman–Crippen MR) is 68.9 cm³/mol. The average Bonchev–Trinajstić information content (AvgIpc) is 2.27. The topological polar surface area (TPSA) is 0 Å². The van der Waals surface area contributed by atoms with Gasteiger partial charge in [-0.1, -0.05) is 54.5 Å². The van der Waals surface area contributed by atoms with Gasteiger partial charge in [-0.2, -0.15) is 0 Å². The summed E-state index contributed by atoms with van der Waals surface area (Å²) in [6.45, 7) is 8.58. The molecule has 0 amide bonds. The summed E-state index contributed by atoms with van der Waals surface area (Å²) in [6, 6.07) is 8.69. The molecular formula is C15H20. The molecular weight excluding hydrogens is 180 g/mol. The molecule has 0 spiro atoms. The number of aryl methyl sites for hydroxylation is 1. The van der Waals surface area contributed by atoms with E-state index in [0.29, 0.717) is 0 Å². The highest BCUT2D eigenvalue weighted by Gasteiger charge is 1.97. The Morgan fingerprint density at radius 1 is 1.20 bits per heavy atom. The maximum atomic E-state index is 2.27. The molecule has 15 heavy (non-hydrogen) atoms. The van der Waals surface area contributed by atoms with Gasteiger partial charge in [0.15, 0.2) is 0 Å². The van der Waals surface area contributed by atoms with Gasteiger partial charge in [0.05, 0.1) is 0 Å². The van der Waals surface area contributed by atoms with E-state index in [0.717, 1.165) is 6.42 Å². The molecule has 0 heterocycles. The van der Waals surface area contributed by atoms with Crippen LogP contribution in [0.4, 0.5) is 0 Å². The summed E-state index contributed by atoms with van der Waals surface area (Å²) in [5.74, 6) is 0. The van der Waals surface area contributed by atoms with E-state index in [1.165, 1.54) is 22.3 Å². The molecule has 0 aliphatic rings. The zero-order valence-corrected chi connectivity index (χ0v) is 10.2. The highest BCUT2D eigenvalue weighted by Crippen LogP contribution is 2.18. The van der Waals surface area contributed by atoms with Crippen LogP contribution in [-0.4, -0.2) is 0 Å². The van der Waals surface area contributed by atoms with Crippen LogP contribution in [0.3, 0.4) is 0 Å². The Morgan fingerprint density at radius 3 is 2.27 bits per heavy atom. The zero-order valence-electron chi connectivity index (χ0n) is 10.2. The lowest BCUT2D eigenvalue weighted by atomic mass is 10.0. The molecule has 0 aromatic heterocycles. The Balaban J connectivity index is 2.99. The molecule has 0 fully saturated rings. The Labute approximate surface area is 93.3 Å². The number of benzene rings is 1. The molecule has 0 saturated carbocycles. The highest BCUT2D eigenvalue weighted by molar-refractivity contribution is 5.74. The molecule has 80 valence electrons. The van der Waals surface area contributed by atoms with Crippen molar-refractivity contribution >= 4 is 5.57 Å². The van der Waals surface area contributed by atoms with Crippen molar-refractivity contribution in [3.63, 3.8) is 0 Å². The number of hydrogen-bond donors (Lipinski definition) is 0. The minimum Gasteiger partial charge on any atom is -0.0798 e. The second-order valence-corrected chi connectivity index (χ2v) is 3.95. The molecule has 1 aromatic rings. The first kappa shape index (κ1) is 11.8. The molecule has 0 atom stereocenters. The van der Waals surface area contributed by atoms with Gasteiger partial charge < -0.3 is 0 Å². The van der Waals surface area contributed by atoms with E-state index in [2.05, 4.69) is 64.1 Å². The first-order chi connectivity index (χ1) is 7.17. The molecule has 0 aliphatic carbocycles. The van der Waals surface area contributed by atoms with Gasteiger partial charge in [-0.25, -0.2) is 0 Å². The van der Waals surface area contributed by atoms with E-state index >= 15 is 0 Å². The van der Waals surface area contributed by atoms with Gasteiger partial charge in [-0.3, -0.25) is 0 Å². The molecule has 0 heteroatoms. The first-order valence-corrected chi connectivity index (χ1v) is 5.58. The summed E-state index contributed by atoms with van der Waals surface area (Å²) in [7, 11) is 0. The molecule has 0 radical (unpaired) electrons. The van der Waals surface area contributed by atoms with E-state index < -0.39 is 0 Å². The van der Waals surface area contributed by atoms with Gasteiger partial charge >= 0.3 is 0 Å². The fourth-order valence-electron chi connectivity index (χ4n) is 1.45. The fraction of sp³-hybridized carbons (Fsp3) is 0.333. The van der Waals surface area contributed by atoms with E-state index in [1.807, 2.05) is 0 Å². The van der Waals surface area contributed by atoms with Gasteiger partial charge in [0.1, 0.15) is 0 Å². The van der Waals surface area contributed by atoms with Crippen LogP contribution >= 0.6 is 0 Å². The maximum absolute atomic E-state index is 2.27. The molecule has 0 saturated heterocycles. The molecule has 0 aliphatic heterocycles. The fourth-order valence-corrected chi connectivity index (χ4v) is 1.45. The summed E-state index contributed by atoms with van der Waals surface area (Å²) in [5.41, 5.74) is 5.35. The summed E-state index contributed by atoms with van der Waals surface area (Å²) < 4.78 is 0. The first-order valence-electron chi connectivity index (χ1n) is 5.58. The van der Waals surface area contributed by atoms with Crippen LogP contribution in [-0.2, 0) is 0 Å². The van der Waals surface area contributed by atoms with E-state index in [1.54, 1.807) is 0 Å². The number of allylic oxidation sites excluding steroid dienone is 4. The summed E-state index contributed by atoms with van der Waals surface area (Å²) in [6.07, 6.45) is 5.55. The third kappa shape index (κ3) is 3.39. The lowest BCUT2D eigenvalue weighted by Gasteiger charge is -2.04. The van der Waals surface area contributed by atoms with Crippen molar-refractivity contribution in [3.8, 4) is 0 Å². The molecule has 1 rings (SSSR count). The summed E-state index contributed by atoms with van der Waals surface area (Å²) >= 11 is 0. The Kier molecular flexibility index (Phi) is 4.36. The van der Waals surface area contributed by atoms with Crippen LogP contribution in [0.25, 0.3) is 5.57 Å². The van der Waals surface area contributed by atoms with Crippen LogP contribution in [0.1, 0.15) is 38.3 Å². The third-order valence-corrected chi connectivity index (χ3v) is 2.66. The minimum absolute atomic E-state index is 1.11. The van der Waals surface area contributed by atoms with Crippen LogP contribution in [0.15, 0.2) is 42.0 Å². The van der Waals surface area contributed by atoms with Crippen molar-refractivity contribution in [2.45, 2.75) is 34.1 Å². The van der Waals surface area contributed by atoms with Crippen molar-refractivity contribution in [2.75, 3.05) is 0 Å². The van der Waals surface area contributed by atoms with Crippen LogP contribution in [0.5, 0.6) is 0 Å². The molecule has 0 N–H and O–H groups in total. The maximum Gasteiger partial charge on any atom is -0.0187 e. The summed E-state index contributed by atoms with van der Waals surface area (Å²) in [5, 5.41) is 0. The Morgan fingerprint density at radius 2 is 1.80 bits per heavy atom. The second-order valence-electron chi connectivity index (χ2n) is 3.95. The monoisotopic (exact) mass is 200 g/mol. The molecule has 0 unspecified atom stereocenters. The van der Waals surface area contributed by atoms with Crippen molar-refractivity contribution < 1.29 is 0 Å². The van der Waals surface area contributed by atoms with Crippen molar-refractivity contribution in [3.05, 3.63) is 53.1 Å². The molecule has 0 nitrogen and oxygen atoms in total. The predicted octanol–water partition coefficient (Wildman–Crippen LogP) is 4.75. The SMILES string of the molecule is CC=C(C=C(C)CC)c1ccc(C)cc1. The van der Waals surface area contributed by atoms with Gasteiger partial charge in [-0.15, -0.1) is 0 Å². The molecule has 1 aromatic carbocycles. The normalized spacial score (nSPS) is 13.1. The van der Waals surface area contributed by atoms with Crippen molar-refractivity contribution in [2.24, 2.45) is 0 Å². The van der Waals surface area contributed by atoms with Crippen LogP contribution < -0.4 is 0 Å². The van der Waals surface area contributed by atoms with Gasteiger partial charge in [-0.05, 0) is 38.3 Å². The largest absolute Gasteiger partial charge is 0.0798 e. The number of rotatable bonds is 3. The van der Waals surface area contributed by atoms with Crippen LogP contribution in [0, 0.1) is 6.92 Å². The standard InChI is InChI=1S/C15H20/c1-5-12(3)11-14(6-2)15-9-7-13(4)8-10-15/h6-11H,5H2,1-4H3. The quantitative estimate of drug-likeness (QED) is 0.617. The van der Waals surface area contributed by atoms with Crippen molar-refractivity contribution in [1.82, 2.24) is 0 Å². The minimum atomic E-state index is 1.11. The van der Waals surface area contributed by atoms with E-state index in [4.69, 9.17) is 0 Å². The lowest BCUT2D eigenvalue weighted by molar-refractivity contribution is 1.10. The van der Waals surface area contributed by atoms with Gasteiger partial charge in [0, 0.05) is 0 Å². The number of hydrogen-bond acceptors (Lipinski definition) is 0. The average molecular weight is 200 g/mol. The van der Waals surface area contributed by atoms with Gasteiger partial charge in [0.25, 0.3) is 0 Å². The summed E-state index contributed by atoms with van der Waals surface area (Å²) in [4.78, 5) is 0. The lowest BCUT2D eigenvalue weighted by Crippen LogP contribution is -1.83. The van der Waals surface area contributed by atoms with E-state index in [-0.39, 0.29) is 0 Å². The second kappa shape index (κ2) is 5.55. The van der Waals surface area contributed by atoms with Gasteiger partial charge in [0.2, 0.25) is 0 Å². The smallest absolute Gasteiger partial charge is 0.0187 e. The van der Waals surface area contributed by atoms with Crippen LogP contribution in [0.2, 0.25) is 0 Å². The Bertz CT molecular complexity index is 364. The highest BCUT2D eigenvalue weighted by atomic mass is 14.0. The van der Waals surface area contributed by atoms with E-state index in [9.17, 15) is 0 Å². The zero-order chi connectivity index (χ0) is 11.3.